The molecule has 160 valence electrons. The van der Waals surface area contributed by atoms with Crippen LogP contribution >= 0.6 is 0 Å². The summed E-state index contributed by atoms with van der Waals surface area (Å²) in [6.45, 7) is 2.73. The first-order valence-corrected chi connectivity index (χ1v) is 11.2. The summed E-state index contributed by atoms with van der Waals surface area (Å²) in [5, 5.41) is 0. The average Bonchev–Trinajstić information content (AvgIpc) is 3.27. The summed E-state index contributed by atoms with van der Waals surface area (Å²) >= 11 is 0. The molecule has 5 nitrogen and oxygen atoms in total. The highest BCUT2D eigenvalue weighted by molar-refractivity contribution is 5.95. The first-order valence-electron chi connectivity index (χ1n) is 11.2. The van der Waals surface area contributed by atoms with Crippen LogP contribution < -0.4 is 15.8 Å². The van der Waals surface area contributed by atoms with Gasteiger partial charge in [0.05, 0.1) is 0 Å². The zero-order valence-electron chi connectivity index (χ0n) is 18.2. The number of hydrogen-bond donors (Lipinski definition) is 2. The molecule has 2 atom stereocenters. The molecule has 0 radical (unpaired) electrons. The van der Waals surface area contributed by atoms with Crippen LogP contribution in [-0.2, 0) is 6.42 Å². The first-order chi connectivity index (χ1) is 14.6. The SMILES string of the molecule is CN(C)c1cccc(C(=O)N2CCC(C3NNCC3CCc3ccccc3)CC2)c1. The van der Waals surface area contributed by atoms with Crippen LogP contribution in [0.25, 0.3) is 0 Å². The molecule has 5 heteroatoms. The van der Waals surface area contributed by atoms with Crippen molar-refractivity contribution in [1.29, 1.82) is 0 Å². The Morgan fingerprint density at radius 3 is 2.57 bits per heavy atom. The van der Waals surface area contributed by atoms with Crippen LogP contribution in [0.5, 0.6) is 0 Å². The number of carbonyl (C=O) groups is 1. The summed E-state index contributed by atoms with van der Waals surface area (Å²) in [5.41, 5.74) is 10.2. The Hall–Kier alpha value is -2.37. The summed E-state index contributed by atoms with van der Waals surface area (Å²) in [4.78, 5) is 17.1. The molecular formula is C25H34N4O. The second-order valence-electron chi connectivity index (χ2n) is 8.91. The molecule has 2 aromatic rings. The van der Waals surface area contributed by atoms with Crippen LogP contribution in [0, 0.1) is 11.8 Å². The molecule has 2 aromatic carbocycles. The maximum Gasteiger partial charge on any atom is 0.253 e. The van der Waals surface area contributed by atoms with Crippen molar-refractivity contribution in [3.05, 3.63) is 65.7 Å². The van der Waals surface area contributed by atoms with Crippen LogP contribution in [0.2, 0.25) is 0 Å². The second-order valence-corrected chi connectivity index (χ2v) is 8.91. The minimum absolute atomic E-state index is 0.162. The lowest BCUT2D eigenvalue weighted by Gasteiger charge is -2.36. The van der Waals surface area contributed by atoms with E-state index in [9.17, 15) is 4.79 Å². The van der Waals surface area contributed by atoms with Gasteiger partial charge in [-0.25, -0.2) is 0 Å². The Labute approximate surface area is 180 Å². The van der Waals surface area contributed by atoms with Gasteiger partial charge in [-0.15, -0.1) is 0 Å². The van der Waals surface area contributed by atoms with E-state index in [1.165, 1.54) is 12.0 Å². The van der Waals surface area contributed by atoms with E-state index in [2.05, 4.69) is 41.2 Å². The van der Waals surface area contributed by atoms with Crippen LogP contribution in [0.3, 0.4) is 0 Å². The molecule has 2 aliphatic rings. The van der Waals surface area contributed by atoms with Crippen molar-refractivity contribution in [3.8, 4) is 0 Å². The molecule has 2 heterocycles. The van der Waals surface area contributed by atoms with Gasteiger partial charge in [0.15, 0.2) is 0 Å². The van der Waals surface area contributed by atoms with E-state index in [1.54, 1.807) is 0 Å². The third kappa shape index (κ3) is 4.85. The summed E-state index contributed by atoms with van der Waals surface area (Å²) < 4.78 is 0. The molecule has 2 saturated heterocycles. The van der Waals surface area contributed by atoms with E-state index in [4.69, 9.17) is 0 Å². The fourth-order valence-corrected chi connectivity index (χ4v) is 4.90. The number of hydrogen-bond acceptors (Lipinski definition) is 4. The molecular weight excluding hydrogens is 372 g/mol. The number of rotatable bonds is 6. The number of carbonyl (C=O) groups excluding carboxylic acids is 1. The fraction of sp³-hybridized carbons (Fsp3) is 0.480. The van der Waals surface area contributed by atoms with Gasteiger partial charge in [0.2, 0.25) is 0 Å². The molecule has 30 heavy (non-hydrogen) atoms. The Morgan fingerprint density at radius 1 is 1.07 bits per heavy atom. The summed E-state index contributed by atoms with van der Waals surface area (Å²) in [6.07, 6.45) is 4.47. The number of aryl methyl sites for hydroxylation is 1. The van der Waals surface area contributed by atoms with Gasteiger partial charge in [0.1, 0.15) is 0 Å². The van der Waals surface area contributed by atoms with E-state index in [1.807, 2.05) is 48.2 Å². The molecule has 0 aromatic heterocycles. The second kappa shape index (κ2) is 9.63. The van der Waals surface area contributed by atoms with Crippen molar-refractivity contribution in [2.24, 2.45) is 11.8 Å². The fourth-order valence-electron chi connectivity index (χ4n) is 4.90. The number of nitrogens with one attached hydrogen (secondary N) is 2. The Morgan fingerprint density at radius 2 is 1.83 bits per heavy atom. The summed E-state index contributed by atoms with van der Waals surface area (Å²) in [6, 6.07) is 19.2. The van der Waals surface area contributed by atoms with Gasteiger partial charge in [-0.2, -0.15) is 0 Å². The summed E-state index contributed by atoms with van der Waals surface area (Å²) in [7, 11) is 4.01. The van der Waals surface area contributed by atoms with E-state index < -0.39 is 0 Å². The van der Waals surface area contributed by atoms with Crippen molar-refractivity contribution >= 4 is 11.6 Å². The molecule has 0 spiro atoms. The maximum atomic E-state index is 13.0. The molecule has 2 fully saturated rings. The zero-order valence-corrected chi connectivity index (χ0v) is 18.2. The number of benzene rings is 2. The lowest BCUT2D eigenvalue weighted by Crippen LogP contribution is -2.46. The predicted octanol–water partition coefficient (Wildman–Crippen LogP) is 3.33. The van der Waals surface area contributed by atoms with Gasteiger partial charge in [-0.1, -0.05) is 36.4 Å². The van der Waals surface area contributed by atoms with Crippen molar-refractivity contribution in [2.75, 3.05) is 38.6 Å². The van der Waals surface area contributed by atoms with Crippen LogP contribution in [0.4, 0.5) is 5.69 Å². The minimum atomic E-state index is 0.162. The van der Waals surface area contributed by atoms with Crippen molar-refractivity contribution in [1.82, 2.24) is 15.8 Å². The highest BCUT2D eigenvalue weighted by atomic mass is 16.2. The van der Waals surface area contributed by atoms with Gasteiger partial charge < -0.3 is 9.80 Å². The van der Waals surface area contributed by atoms with Crippen LogP contribution in [0.15, 0.2) is 54.6 Å². The molecule has 2 unspecified atom stereocenters. The van der Waals surface area contributed by atoms with E-state index in [0.717, 1.165) is 50.1 Å². The van der Waals surface area contributed by atoms with Gasteiger partial charge in [-0.05, 0) is 61.3 Å². The highest BCUT2D eigenvalue weighted by Gasteiger charge is 2.36. The molecule has 1 amide bonds. The van der Waals surface area contributed by atoms with E-state index in [0.29, 0.717) is 17.9 Å². The molecule has 0 aliphatic carbocycles. The third-order valence-corrected chi connectivity index (χ3v) is 6.73. The monoisotopic (exact) mass is 406 g/mol. The van der Waals surface area contributed by atoms with Crippen molar-refractivity contribution < 1.29 is 4.79 Å². The zero-order chi connectivity index (χ0) is 20.9. The first kappa shape index (κ1) is 20.9. The molecule has 2 N–H and O–H groups in total. The summed E-state index contributed by atoms with van der Waals surface area (Å²) in [5.74, 6) is 1.43. The molecule has 2 aliphatic heterocycles. The Kier molecular flexibility index (Phi) is 6.70. The van der Waals surface area contributed by atoms with Crippen molar-refractivity contribution in [2.45, 2.75) is 31.7 Å². The van der Waals surface area contributed by atoms with Crippen LogP contribution in [0.1, 0.15) is 35.2 Å². The number of amides is 1. The lowest BCUT2D eigenvalue weighted by atomic mass is 9.81. The van der Waals surface area contributed by atoms with E-state index >= 15 is 0 Å². The minimum Gasteiger partial charge on any atom is -0.378 e. The highest BCUT2D eigenvalue weighted by Crippen LogP contribution is 2.29. The third-order valence-electron chi connectivity index (χ3n) is 6.73. The lowest BCUT2D eigenvalue weighted by molar-refractivity contribution is 0.0662. The predicted molar refractivity (Wildman–Crippen MR) is 123 cm³/mol. The van der Waals surface area contributed by atoms with E-state index in [-0.39, 0.29) is 5.91 Å². The van der Waals surface area contributed by atoms with Gasteiger partial charge in [0.25, 0.3) is 5.91 Å². The number of hydrazine groups is 1. The largest absolute Gasteiger partial charge is 0.378 e. The molecule has 0 bridgehead atoms. The van der Waals surface area contributed by atoms with Gasteiger partial charge in [0, 0.05) is 51.0 Å². The normalized spacial score (nSPS) is 22.3. The standard InChI is InChI=1S/C25H34N4O/c1-28(2)23-10-6-9-21(17-23)25(30)29-15-13-20(14-16-29)24-22(18-26-27-24)12-11-19-7-4-3-5-8-19/h3-10,17,20,22,24,26-27H,11-16,18H2,1-2H3. The Bertz CT molecular complexity index is 830. The number of anilines is 1. The van der Waals surface area contributed by atoms with Crippen molar-refractivity contribution in [3.63, 3.8) is 0 Å². The number of nitrogens with zero attached hydrogens (tertiary/aromatic N) is 2. The van der Waals surface area contributed by atoms with Crippen LogP contribution in [-0.4, -0.2) is 50.6 Å². The number of likely N-dealkylation sites (tertiary alicyclic amines) is 1. The maximum absolute atomic E-state index is 13.0. The van der Waals surface area contributed by atoms with Gasteiger partial charge >= 0.3 is 0 Å². The molecule has 4 rings (SSSR count). The number of piperidine rings is 1. The Balaban J connectivity index is 1.31. The smallest absolute Gasteiger partial charge is 0.253 e. The average molecular weight is 407 g/mol. The molecule has 0 saturated carbocycles. The van der Waals surface area contributed by atoms with Gasteiger partial charge in [-0.3, -0.25) is 15.6 Å². The topological polar surface area (TPSA) is 47.6 Å². The quantitative estimate of drug-likeness (QED) is 0.773.